The molecule has 2 rings (SSSR count). The molecule has 0 bridgehead atoms. The molecule has 2 nitrogen and oxygen atoms in total. The van der Waals surface area contributed by atoms with Crippen LogP contribution in [0.15, 0.2) is 29.5 Å². The molecule has 0 atom stereocenters. The minimum Gasteiger partial charge on any atom is -0.329 e. The number of rotatable bonds is 0. The SMILES string of the molecule is S=C1CC=CN2CC=CN=C12. The summed E-state index contributed by atoms with van der Waals surface area (Å²) in [5, 5.41) is 0. The van der Waals surface area contributed by atoms with E-state index >= 15 is 0 Å². The third-order valence-electron chi connectivity index (χ3n) is 1.71. The summed E-state index contributed by atoms with van der Waals surface area (Å²) in [6, 6.07) is 0. The summed E-state index contributed by atoms with van der Waals surface area (Å²) in [6.45, 7) is 0.898. The Labute approximate surface area is 70.9 Å². The van der Waals surface area contributed by atoms with Crippen LogP contribution in [0.3, 0.4) is 0 Å². The number of hydrogen-bond donors (Lipinski definition) is 0. The van der Waals surface area contributed by atoms with Crippen LogP contribution in [0.1, 0.15) is 6.42 Å². The summed E-state index contributed by atoms with van der Waals surface area (Å²) in [5.74, 6) is 0.949. The second kappa shape index (κ2) is 2.58. The Kier molecular flexibility index (Phi) is 1.58. The van der Waals surface area contributed by atoms with Gasteiger partial charge in [-0.1, -0.05) is 18.3 Å². The lowest BCUT2D eigenvalue weighted by Crippen LogP contribution is -2.35. The molecular formula is C8H8N2S. The van der Waals surface area contributed by atoms with Gasteiger partial charge in [0.25, 0.3) is 0 Å². The number of aliphatic imine (C=N–C) groups is 1. The van der Waals surface area contributed by atoms with E-state index in [9.17, 15) is 0 Å². The van der Waals surface area contributed by atoms with Crippen LogP contribution in [0.5, 0.6) is 0 Å². The fraction of sp³-hybridized carbons (Fsp3) is 0.250. The van der Waals surface area contributed by atoms with Crippen molar-refractivity contribution in [2.45, 2.75) is 6.42 Å². The van der Waals surface area contributed by atoms with Crippen molar-refractivity contribution in [2.75, 3.05) is 6.54 Å². The molecule has 2 aliphatic rings. The van der Waals surface area contributed by atoms with Gasteiger partial charge in [-0.15, -0.1) is 0 Å². The number of amidine groups is 1. The van der Waals surface area contributed by atoms with Crippen molar-refractivity contribution in [1.29, 1.82) is 0 Å². The largest absolute Gasteiger partial charge is 0.329 e. The summed E-state index contributed by atoms with van der Waals surface area (Å²) in [7, 11) is 0. The van der Waals surface area contributed by atoms with E-state index in [2.05, 4.69) is 16.0 Å². The van der Waals surface area contributed by atoms with Crippen LogP contribution in [0, 0.1) is 0 Å². The first kappa shape index (κ1) is 6.73. The summed E-state index contributed by atoms with van der Waals surface area (Å²) >= 11 is 5.15. The van der Waals surface area contributed by atoms with Crippen molar-refractivity contribution in [3.63, 3.8) is 0 Å². The lowest BCUT2D eigenvalue weighted by Gasteiger charge is -2.26. The lowest BCUT2D eigenvalue weighted by molar-refractivity contribution is 0.614. The number of nitrogens with zero attached hydrogens (tertiary/aromatic N) is 2. The van der Waals surface area contributed by atoms with Crippen molar-refractivity contribution >= 4 is 22.9 Å². The maximum atomic E-state index is 5.15. The average Bonchev–Trinajstić information content (AvgIpc) is 2.06. The molecule has 2 aliphatic heterocycles. The average molecular weight is 164 g/mol. The van der Waals surface area contributed by atoms with Gasteiger partial charge < -0.3 is 4.90 Å². The van der Waals surface area contributed by atoms with Crippen LogP contribution in [-0.4, -0.2) is 22.1 Å². The Morgan fingerprint density at radius 1 is 1.45 bits per heavy atom. The fourth-order valence-corrected chi connectivity index (χ4v) is 1.45. The van der Waals surface area contributed by atoms with Crippen molar-refractivity contribution in [2.24, 2.45) is 4.99 Å². The van der Waals surface area contributed by atoms with E-state index in [1.54, 1.807) is 0 Å². The van der Waals surface area contributed by atoms with Gasteiger partial charge in [0.05, 0.1) is 4.86 Å². The second-order valence-corrected chi connectivity index (χ2v) is 2.99. The number of thiocarbonyl (C=S) groups is 1. The van der Waals surface area contributed by atoms with Crippen LogP contribution in [0.4, 0.5) is 0 Å². The lowest BCUT2D eigenvalue weighted by atomic mass is 10.2. The Morgan fingerprint density at radius 3 is 3.18 bits per heavy atom. The van der Waals surface area contributed by atoms with E-state index < -0.39 is 0 Å². The van der Waals surface area contributed by atoms with Gasteiger partial charge in [-0.2, -0.15) is 0 Å². The molecule has 11 heavy (non-hydrogen) atoms. The van der Waals surface area contributed by atoms with Crippen LogP contribution < -0.4 is 0 Å². The summed E-state index contributed by atoms with van der Waals surface area (Å²) in [5.41, 5.74) is 0. The van der Waals surface area contributed by atoms with Gasteiger partial charge >= 0.3 is 0 Å². The van der Waals surface area contributed by atoms with Gasteiger partial charge in [0.2, 0.25) is 0 Å². The maximum Gasteiger partial charge on any atom is 0.147 e. The molecule has 0 aromatic rings. The smallest absolute Gasteiger partial charge is 0.147 e. The van der Waals surface area contributed by atoms with Gasteiger partial charge in [0.1, 0.15) is 5.84 Å². The molecular weight excluding hydrogens is 156 g/mol. The standard InChI is InChI=1S/C8H8N2S/c11-7-3-1-5-10-6-2-4-9-8(7)10/h1-2,4-5H,3,6H2. The van der Waals surface area contributed by atoms with E-state index in [4.69, 9.17) is 12.2 Å². The molecule has 0 amide bonds. The minimum absolute atomic E-state index is 0.860. The molecule has 0 spiro atoms. The molecule has 0 aromatic carbocycles. The number of hydrogen-bond acceptors (Lipinski definition) is 3. The predicted octanol–water partition coefficient (Wildman–Crippen LogP) is 1.50. The van der Waals surface area contributed by atoms with E-state index in [1.165, 1.54) is 0 Å². The summed E-state index contributed by atoms with van der Waals surface area (Å²) < 4.78 is 0. The molecule has 0 aliphatic carbocycles. The van der Waals surface area contributed by atoms with Gasteiger partial charge in [-0.3, -0.25) is 0 Å². The first-order chi connectivity index (χ1) is 5.38. The van der Waals surface area contributed by atoms with Gasteiger partial charge in [0, 0.05) is 25.4 Å². The molecule has 0 fully saturated rings. The molecule has 0 aromatic heterocycles. The molecule has 3 heteroatoms. The number of allylic oxidation sites excluding steroid dienone is 1. The zero-order valence-electron chi connectivity index (χ0n) is 6.03. The Bertz CT molecular complexity index is 276. The van der Waals surface area contributed by atoms with Crippen LogP contribution in [-0.2, 0) is 0 Å². The highest BCUT2D eigenvalue weighted by atomic mass is 32.1. The third-order valence-corrected chi connectivity index (χ3v) is 2.06. The first-order valence-corrected chi connectivity index (χ1v) is 3.98. The molecule has 0 radical (unpaired) electrons. The van der Waals surface area contributed by atoms with E-state index in [-0.39, 0.29) is 0 Å². The molecule has 0 N–H and O–H groups in total. The second-order valence-electron chi connectivity index (χ2n) is 2.50. The summed E-state index contributed by atoms with van der Waals surface area (Å²) in [6.07, 6.45) is 8.80. The third kappa shape index (κ3) is 1.12. The first-order valence-electron chi connectivity index (χ1n) is 3.57. The van der Waals surface area contributed by atoms with Crippen molar-refractivity contribution in [3.8, 4) is 0 Å². The van der Waals surface area contributed by atoms with Crippen LogP contribution >= 0.6 is 12.2 Å². The zero-order valence-corrected chi connectivity index (χ0v) is 6.84. The minimum atomic E-state index is 0.860. The van der Waals surface area contributed by atoms with Crippen LogP contribution in [0.2, 0.25) is 0 Å². The topological polar surface area (TPSA) is 15.6 Å². The molecule has 56 valence electrons. The Hall–Kier alpha value is -0.960. The van der Waals surface area contributed by atoms with E-state index in [1.807, 2.05) is 18.5 Å². The summed E-state index contributed by atoms with van der Waals surface area (Å²) in [4.78, 5) is 7.20. The fourth-order valence-electron chi connectivity index (χ4n) is 1.19. The zero-order chi connectivity index (χ0) is 7.68. The normalized spacial score (nSPS) is 21.6. The Balaban J connectivity index is 2.38. The van der Waals surface area contributed by atoms with Gasteiger partial charge in [-0.05, 0) is 6.08 Å². The highest BCUT2D eigenvalue weighted by Crippen LogP contribution is 2.10. The molecule has 0 saturated carbocycles. The maximum absolute atomic E-state index is 5.15. The van der Waals surface area contributed by atoms with Crippen molar-refractivity contribution < 1.29 is 0 Å². The van der Waals surface area contributed by atoms with Gasteiger partial charge in [-0.25, -0.2) is 4.99 Å². The molecule has 0 saturated heterocycles. The monoisotopic (exact) mass is 164 g/mol. The van der Waals surface area contributed by atoms with E-state index in [0.717, 1.165) is 23.7 Å². The molecule has 0 unspecified atom stereocenters. The van der Waals surface area contributed by atoms with E-state index in [0.29, 0.717) is 0 Å². The predicted molar refractivity (Wildman–Crippen MR) is 49.6 cm³/mol. The highest BCUT2D eigenvalue weighted by Gasteiger charge is 2.16. The highest BCUT2D eigenvalue weighted by molar-refractivity contribution is 7.82. The number of fused-ring (bicyclic) bond motifs is 1. The van der Waals surface area contributed by atoms with Crippen molar-refractivity contribution in [1.82, 2.24) is 4.90 Å². The Morgan fingerprint density at radius 2 is 2.36 bits per heavy atom. The quantitative estimate of drug-likeness (QED) is 0.504. The van der Waals surface area contributed by atoms with Crippen molar-refractivity contribution in [3.05, 3.63) is 24.6 Å². The molecule has 2 heterocycles. The van der Waals surface area contributed by atoms with Crippen LogP contribution in [0.25, 0.3) is 0 Å². The van der Waals surface area contributed by atoms with Gasteiger partial charge in [0.15, 0.2) is 0 Å².